The van der Waals surface area contributed by atoms with Gasteiger partial charge in [0, 0.05) is 26.2 Å². The lowest BCUT2D eigenvalue weighted by molar-refractivity contribution is -0.0817. The fourth-order valence-electron chi connectivity index (χ4n) is 3.67. The van der Waals surface area contributed by atoms with Gasteiger partial charge in [-0.25, -0.2) is 4.99 Å². The number of ether oxygens (including phenoxy) is 4. The number of benzene rings is 1. The molecule has 2 aliphatic rings. The van der Waals surface area contributed by atoms with Crippen LogP contribution in [0, 0.1) is 0 Å². The minimum atomic E-state index is 0.116. The molecule has 2 heterocycles. The van der Waals surface area contributed by atoms with E-state index in [0.717, 1.165) is 62.1 Å². The molecule has 0 radical (unpaired) electrons. The Morgan fingerprint density at radius 2 is 2.07 bits per heavy atom. The summed E-state index contributed by atoms with van der Waals surface area (Å²) >= 11 is 0. The first-order chi connectivity index (χ1) is 13.7. The quantitative estimate of drug-likeness (QED) is 0.569. The number of methoxy groups -OCH3 is 1. The van der Waals surface area contributed by atoms with Crippen LogP contribution < -0.4 is 14.8 Å². The van der Waals surface area contributed by atoms with Crippen LogP contribution in [-0.4, -0.2) is 69.6 Å². The van der Waals surface area contributed by atoms with Gasteiger partial charge < -0.3 is 29.2 Å². The Bertz CT molecular complexity index is 647. The lowest BCUT2D eigenvalue weighted by atomic mass is 10.1. The number of hydrogen-bond donors (Lipinski definition) is 1. The summed E-state index contributed by atoms with van der Waals surface area (Å²) in [6.07, 6.45) is 2.53. The first-order valence-corrected chi connectivity index (χ1v) is 10.3. The predicted molar refractivity (Wildman–Crippen MR) is 109 cm³/mol. The Balaban J connectivity index is 1.69. The van der Waals surface area contributed by atoms with Gasteiger partial charge in [-0.15, -0.1) is 0 Å². The van der Waals surface area contributed by atoms with Gasteiger partial charge >= 0.3 is 0 Å². The van der Waals surface area contributed by atoms with E-state index in [0.29, 0.717) is 19.8 Å². The van der Waals surface area contributed by atoms with Gasteiger partial charge in [-0.1, -0.05) is 6.07 Å². The van der Waals surface area contributed by atoms with Crippen molar-refractivity contribution in [3.8, 4) is 11.5 Å². The summed E-state index contributed by atoms with van der Waals surface area (Å²) in [4.78, 5) is 7.15. The number of hydrogen-bond acceptors (Lipinski definition) is 5. The number of nitrogens with zero attached hydrogens (tertiary/aromatic N) is 2. The van der Waals surface area contributed by atoms with Crippen molar-refractivity contribution in [3.63, 3.8) is 0 Å². The van der Waals surface area contributed by atoms with Crippen LogP contribution in [0.15, 0.2) is 23.2 Å². The lowest BCUT2D eigenvalue weighted by Crippen LogP contribution is -2.53. The standard InChI is InChI=1S/C21H33N3O4/c1-4-22-21(24-10-12-28-20(15-24)18-7-6-11-27-18)23-14-16-8-9-17(25-3)19(13-16)26-5-2/h8-9,13,18,20H,4-7,10-12,14-15H2,1-3H3,(H,22,23). The molecule has 2 fully saturated rings. The van der Waals surface area contributed by atoms with E-state index < -0.39 is 0 Å². The molecule has 156 valence electrons. The van der Waals surface area contributed by atoms with E-state index in [1.54, 1.807) is 7.11 Å². The van der Waals surface area contributed by atoms with Crippen LogP contribution in [0.3, 0.4) is 0 Å². The third kappa shape index (κ3) is 5.29. The molecule has 7 nitrogen and oxygen atoms in total. The van der Waals surface area contributed by atoms with Crippen LogP contribution in [0.2, 0.25) is 0 Å². The molecule has 2 unspecified atom stereocenters. The van der Waals surface area contributed by atoms with E-state index in [9.17, 15) is 0 Å². The van der Waals surface area contributed by atoms with Crippen LogP contribution in [0.25, 0.3) is 0 Å². The average Bonchev–Trinajstić information content (AvgIpc) is 3.27. The summed E-state index contributed by atoms with van der Waals surface area (Å²) in [7, 11) is 1.65. The molecule has 3 rings (SSSR count). The van der Waals surface area contributed by atoms with E-state index in [-0.39, 0.29) is 12.2 Å². The highest BCUT2D eigenvalue weighted by atomic mass is 16.5. The minimum Gasteiger partial charge on any atom is -0.493 e. The highest BCUT2D eigenvalue weighted by Crippen LogP contribution is 2.28. The molecular weight excluding hydrogens is 358 g/mol. The molecule has 28 heavy (non-hydrogen) atoms. The van der Waals surface area contributed by atoms with Crippen LogP contribution in [0.4, 0.5) is 0 Å². The molecule has 1 N–H and O–H groups in total. The maximum atomic E-state index is 5.97. The van der Waals surface area contributed by atoms with Crippen LogP contribution in [-0.2, 0) is 16.0 Å². The molecule has 7 heteroatoms. The van der Waals surface area contributed by atoms with Crippen LogP contribution in [0.5, 0.6) is 11.5 Å². The molecule has 0 amide bonds. The van der Waals surface area contributed by atoms with Crippen molar-refractivity contribution in [1.82, 2.24) is 10.2 Å². The van der Waals surface area contributed by atoms with E-state index in [1.807, 2.05) is 25.1 Å². The molecular formula is C21H33N3O4. The zero-order valence-corrected chi connectivity index (χ0v) is 17.3. The maximum Gasteiger partial charge on any atom is 0.194 e. The number of nitrogens with one attached hydrogen (secondary N) is 1. The third-order valence-corrected chi connectivity index (χ3v) is 5.05. The first-order valence-electron chi connectivity index (χ1n) is 10.3. The monoisotopic (exact) mass is 391 g/mol. The maximum absolute atomic E-state index is 5.97. The molecule has 0 aromatic heterocycles. The number of rotatable bonds is 7. The van der Waals surface area contributed by atoms with Crippen molar-refractivity contribution < 1.29 is 18.9 Å². The molecule has 1 aromatic rings. The van der Waals surface area contributed by atoms with Crippen molar-refractivity contribution in [2.45, 2.75) is 45.4 Å². The van der Waals surface area contributed by atoms with Crippen molar-refractivity contribution in [1.29, 1.82) is 0 Å². The summed E-state index contributed by atoms with van der Waals surface area (Å²) in [6.45, 7) is 9.26. The van der Waals surface area contributed by atoms with Crippen LogP contribution in [0.1, 0.15) is 32.3 Å². The average molecular weight is 392 g/mol. The van der Waals surface area contributed by atoms with E-state index in [2.05, 4.69) is 17.1 Å². The SMILES string of the molecule is CCNC(=NCc1ccc(OC)c(OCC)c1)N1CCOC(C2CCCO2)C1. The summed E-state index contributed by atoms with van der Waals surface area (Å²) in [5, 5.41) is 3.42. The fourth-order valence-corrected chi connectivity index (χ4v) is 3.67. The van der Waals surface area contributed by atoms with Gasteiger partial charge in [-0.2, -0.15) is 0 Å². The zero-order chi connectivity index (χ0) is 19.8. The molecule has 0 saturated carbocycles. The molecule has 0 spiro atoms. The topological polar surface area (TPSA) is 64.6 Å². The fraction of sp³-hybridized carbons (Fsp3) is 0.667. The summed E-state index contributed by atoms with van der Waals surface area (Å²) < 4.78 is 22.8. The second-order valence-corrected chi connectivity index (χ2v) is 7.00. The Morgan fingerprint density at radius 3 is 2.79 bits per heavy atom. The Labute approximate surface area is 168 Å². The highest BCUT2D eigenvalue weighted by Gasteiger charge is 2.32. The second-order valence-electron chi connectivity index (χ2n) is 7.00. The number of guanidine groups is 1. The van der Waals surface area contributed by atoms with E-state index >= 15 is 0 Å². The molecule has 2 aliphatic heterocycles. The second kappa shape index (κ2) is 10.5. The molecule has 2 atom stereocenters. The summed E-state index contributed by atoms with van der Waals surface area (Å²) in [5.41, 5.74) is 1.09. The smallest absolute Gasteiger partial charge is 0.194 e. The molecule has 0 aliphatic carbocycles. The Hall–Kier alpha value is -1.99. The molecule has 0 bridgehead atoms. The van der Waals surface area contributed by atoms with Gasteiger partial charge in [-0.3, -0.25) is 0 Å². The highest BCUT2D eigenvalue weighted by molar-refractivity contribution is 5.80. The van der Waals surface area contributed by atoms with Crippen molar-refractivity contribution in [3.05, 3.63) is 23.8 Å². The van der Waals surface area contributed by atoms with Crippen molar-refractivity contribution >= 4 is 5.96 Å². The van der Waals surface area contributed by atoms with Crippen molar-refractivity contribution in [2.24, 2.45) is 4.99 Å². The number of morpholine rings is 1. The van der Waals surface area contributed by atoms with Crippen LogP contribution >= 0.6 is 0 Å². The molecule has 1 aromatic carbocycles. The minimum absolute atomic E-state index is 0.116. The summed E-state index contributed by atoms with van der Waals surface area (Å²) in [5.74, 6) is 2.42. The Morgan fingerprint density at radius 1 is 1.21 bits per heavy atom. The van der Waals surface area contributed by atoms with E-state index in [4.69, 9.17) is 23.9 Å². The normalized spacial score (nSPS) is 23.0. The predicted octanol–water partition coefficient (Wildman–Crippen LogP) is 2.44. The third-order valence-electron chi connectivity index (χ3n) is 5.05. The first kappa shape index (κ1) is 20.7. The van der Waals surface area contributed by atoms with Gasteiger partial charge in [0.2, 0.25) is 0 Å². The summed E-state index contributed by atoms with van der Waals surface area (Å²) in [6, 6.07) is 5.97. The zero-order valence-electron chi connectivity index (χ0n) is 17.3. The van der Waals surface area contributed by atoms with Crippen molar-refractivity contribution in [2.75, 3.05) is 46.6 Å². The number of aliphatic imine (C=N–C) groups is 1. The van der Waals surface area contributed by atoms with Gasteiger partial charge in [0.15, 0.2) is 17.5 Å². The van der Waals surface area contributed by atoms with Gasteiger partial charge in [0.25, 0.3) is 0 Å². The van der Waals surface area contributed by atoms with E-state index in [1.165, 1.54) is 0 Å². The van der Waals surface area contributed by atoms with Gasteiger partial charge in [0.1, 0.15) is 6.10 Å². The van der Waals surface area contributed by atoms with Gasteiger partial charge in [0.05, 0.1) is 33.0 Å². The largest absolute Gasteiger partial charge is 0.493 e. The molecule has 2 saturated heterocycles. The Kier molecular flexibility index (Phi) is 7.80. The lowest BCUT2D eigenvalue weighted by Gasteiger charge is -2.37. The van der Waals surface area contributed by atoms with Gasteiger partial charge in [-0.05, 0) is 44.4 Å².